The van der Waals surface area contributed by atoms with Crippen molar-refractivity contribution in [3.8, 4) is 0 Å². The van der Waals surface area contributed by atoms with Gasteiger partial charge in [0.15, 0.2) is 0 Å². The molecule has 0 aromatic rings. The van der Waals surface area contributed by atoms with Gasteiger partial charge in [0.2, 0.25) is 5.79 Å². The zero-order chi connectivity index (χ0) is 20.5. The third kappa shape index (κ3) is 2.43. The highest BCUT2D eigenvalue weighted by Gasteiger charge is 2.73. The van der Waals surface area contributed by atoms with Gasteiger partial charge < -0.3 is 29.9 Å². The summed E-state index contributed by atoms with van der Waals surface area (Å²) in [6.07, 6.45) is 2.72. The van der Waals surface area contributed by atoms with Gasteiger partial charge in [0.1, 0.15) is 6.10 Å². The molecule has 5 rings (SSSR count). The fraction of sp³-hybridized carbons (Fsp3) is 0.857. The Bertz CT molecular complexity index is 688. The number of aliphatic hydroxyl groups excluding tert-OH is 3. The highest BCUT2D eigenvalue weighted by molar-refractivity contribution is 5.73. The van der Waals surface area contributed by atoms with Crippen LogP contribution in [0.1, 0.15) is 39.5 Å². The van der Waals surface area contributed by atoms with Gasteiger partial charge in [-0.15, -0.1) is 0 Å². The molecule has 7 nitrogen and oxygen atoms in total. The van der Waals surface area contributed by atoms with Gasteiger partial charge in [0.25, 0.3) is 0 Å². The van der Waals surface area contributed by atoms with Gasteiger partial charge in [-0.25, -0.2) is 0 Å². The van der Waals surface area contributed by atoms with Gasteiger partial charge in [0.05, 0.1) is 32.3 Å². The Morgan fingerprint density at radius 2 is 2.04 bits per heavy atom. The number of rotatable bonds is 3. The third-order valence-corrected chi connectivity index (χ3v) is 8.20. The first kappa shape index (κ1) is 20.3. The SMILES string of the molecule is COC(=O)C(CO)C1C=C2C(CC1)C13COC2(O)C(O)C1C(C)(C)CCC3O. The van der Waals surface area contributed by atoms with Gasteiger partial charge in [0, 0.05) is 11.3 Å². The van der Waals surface area contributed by atoms with Crippen LogP contribution in [0.15, 0.2) is 11.6 Å². The molecule has 28 heavy (non-hydrogen) atoms. The minimum Gasteiger partial charge on any atom is -0.469 e. The van der Waals surface area contributed by atoms with E-state index >= 15 is 0 Å². The zero-order valence-corrected chi connectivity index (χ0v) is 16.8. The van der Waals surface area contributed by atoms with E-state index in [4.69, 9.17) is 9.47 Å². The average molecular weight is 396 g/mol. The lowest BCUT2D eigenvalue weighted by molar-refractivity contribution is -0.377. The second kappa shape index (κ2) is 6.51. The summed E-state index contributed by atoms with van der Waals surface area (Å²) in [4.78, 5) is 12.1. The van der Waals surface area contributed by atoms with Crippen molar-refractivity contribution in [1.82, 2.24) is 0 Å². The lowest BCUT2D eigenvalue weighted by Crippen LogP contribution is -2.76. The topological polar surface area (TPSA) is 116 Å². The molecule has 4 fully saturated rings. The van der Waals surface area contributed by atoms with Crippen molar-refractivity contribution in [2.75, 3.05) is 20.3 Å². The lowest BCUT2D eigenvalue weighted by Gasteiger charge is -2.70. The molecule has 158 valence electrons. The maximum Gasteiger partial charge on any atom is 0.311 e. The van der Waals surface area contributed by atoms with E-state index in [0.29, 0.717) is 24.8 Å². The number of hydrogen-bond donors (Lipinski definition) is 4. The molecule has 2 heterocycles. The number of carbonyl (C=O) groups excluding carboxylic acids is 1. The van der Waals surface area contributed by atoms with E-state index in [1.54, 1.807) is 6.08 Å². The summed E-state index contributed by atoms with van der Waals surface area (Å²) in [6, 6.07) is 0. The summed E-state index contributed by atoms with van der Waals surface area (Å²) in [5.74, 6) is -3.75. The number of hydrogen-bond acceptors (Lipinski definition) is 7. The van der Waals surface area contributed by atoms with Gasteiger partial charge >= 0.3 is 5.97 Å². The molecule has 2 saturated carbocycles. The Labute approximate surface area is 165 Å². The molecule has 4 N–H and O–H groups in total. The first-order chi connectivity index (χ1) is 13.1. The van der Waals surface area contributed by atoms with Crippen LogP contribution in [0.4, 0.5) is 0 Å². The first-order valence-corrected chi connectivity index (χ1v) is 10.3. The Morgan fingerprint density at radius 3 is 2.68 bits per heavy atom. The zero-order valence-electron chi connectivity index (χ0n) is 16.8. The Balaban J connectivity index is 1.80. The van der Waals surface area contributed by atoms with Crippen LogP contribution in [0.25, 0.3) is 0 Å². The summed E-state index contributed by atoms with van der Waals surface area (Å²) >= 11 is 0. The molecule has 2 saturated heterocycles. The fourth-order valence-corrected chi connectivity index (χ4v) is 6.85. The maximum absolute atomic E-state index is 12.1. The number of methoxy groups -OCH3 is 1. The second-order valence-electron chi connectivity index (χ2n) is 9.79. The molecule has 0 radical (unpaired) electrons. The number of aliphatic hydroxyl groups is 4. The fourth-order valence-electron chi connectivity index (χ4n) is 6.85. The molecule has 5 aliphatic rings. The summed E-state index contributed by atoms with van der Waals surface area (Å²) in [5, 5.41) is 43.4. The number of allylic oxidation sites excluding steroid dienone is 1. The van der Waals surface area contributed by atoms with Crippen LogP contribution < -0.4 is 0 Å². The van der Waals surface area contributed by atoms with Crippen molar-refractivity contribution < 1.29 is 34.7 Å². The highest BCUT2D eigenvalue weighted by atomic mass is 16.6. The van der Waals surface area contributed by atoms with E-state index in [1.165, 1.54) is 7.11 Å². The number of esters is 1. The van der Waals surface area contributed by atoms with Crippen molar-refractivity contribution in [2.45, 2.75) is 57.5 Å². The smallest absolute Gasteiger partial charge is 0.311 e. The van der Waals surface area contributed by atoms with Crippen LogP contribution in [0.3, 0.4) is 0 Å². The molecule has 1 spiro atoms. The minimum absolute atomic E-state index is 0.123. The molecule has 7 heteroatoms. The van der Waals surface area contributed by atoms with Gasteiger partial charge in [-0.3, -0.25) is 4.79 Å². The number of ether oxygens (including phenoxy) is 2. The van der Waals surface area contributed by atoms with Crippen LogP contribution in [0.2, 0.25) is 0 Å². The van der Waals surface area contributed by atoms with E-state index < -0.39 is 35.3 Å². The van der Waals surface area contributed by atoms with Crippen LogP contribution >= 0.6 is 0 Å². The quantitative estimate of drug-likeness (QED) is 0.408. The highest BCUT2D eigenvalue weighted by Crippen LogP contribution is 2.68. The number of fused-ring (bicyclic) bond motifs is 1. The largest absolute Gasteiger partial charge is 0.469 e. The number of carbonyl (C=O) groups is 1. The predicted octanol–water partition coefficient (Wildman–Crippen LogP) is 0.597. The second-order valence-corrected chi connectivity index (χ2v) is 9.79. The first-order valence-electron chi connectivity index (χ1n) is 10.3. The van der Waals surface area contributed by atoms with E-state index in [9.17, 15) is 25.2 Å². The van der Waals surface area contributed by atoms with E-state index in [2.05, 4.69) is 13.8 Å². The van der Waals surface area contributed by atoms with Crippen LogP contribution in [0, 0.1) is 34.5 Å². The molecule has 2 bridgehead atoms. The molecule has 2 aliphatic heterocycles. The minimum atomic E-state index is -1.82. The normalized spacial score (nSPS) is 47.5. The van der Waals surface area contributed by atoms with Crippen molar-refractivity contribution in [3.63, 3.8) is 0 Å². The van der Waals surface area contributed by atoms with Crippen molar-refractivity contribution in [2.24, 2.45) is 34.5 Å². The van der Waals surface area contributed by atoms with Gasteiger partial charge in [-0.2, -0.15) is 0 Å². The Morgan fingerprint density at radius 1 is 1.32 bits per heavy atom. The Kier molecular flexibility index (Phi) is 4.71. The maximum atomic E-state index is 12.1. The van der Waals surface area contributed by atoms with Crippen molar-refractivity contribution in [1.29, 1.82) is 0 Å². The predicted molar refractivity (Wildman–Crippen MR) is 98.7 cm³/mol. The van der Waals surface area contributed by atoms with E-state index in [0.717, 1.165) is 6.42 Å². The van der Waals surface area contributed by atoms with E-state index in [-0.39, 0.29) is 36.4 Å². The molecule has 0 amide bonds. The van der Waals surface area contributed by atoms with E-state index in [1.807, 2.05) is 0 Å². The lowest BCUT2D eigenvalue weighted by atomic mass is 9.41. The van der Waals surface area contributed by atoms with Crippen LogP contribution in [0.5, 0.6) is 0 Å². The molecule has 8 unspecified atom stereocenters. The molecule has 3 aliphatic carbocycles. The molecular formula is C21H32O7. The molecule has 0 aromatic carbocycles. The molecule has 8 atom stereocenters. The standard InChI is InChI=1S/C21H32O7/c1-19(2)7-6-15(23)20-10-28-21(26,17(24)16(19)20)14-8-11(4-5-13(14)20)12(9-22)18(25)27-3/h8,11-13,15-17,22-24,26H,4-7,9-10H2,1-3H3. The molecular weight excluding hydrogens is 364 g/mol. The summed E-state index contributed by atoms with van der Waals surface area (Å²) < 4.78 is 10.6. The van der Waals surface area contributed by atoms with Gasteiger partial charge in [-0.1, -0.05) is 19.9 Å². The van der Waals surface area contributed by atoms with Gasteiger partial charge in [-0.05, 0) is 48.5 Å². The van der Waals surface area contributed by atoms with Crippen LogP contribution in [-0.2, 0) is 14.3 Å². The summed E-state index contributed by atoms with van der Waals surface area (Å²) in [6.45, 7) is 4.04. The average Bonchev–Trinajstić information content (AvgIpc) is 2.67. The summed E-state index contributed by atoms with van der Waals surface area (Å²) in [7, 11) is 1.29. The Hall–Kier alpha value is -0.990. The third-order valence-electron chi connectivity index (χ3n) is 8.20. The summed E-state index contributed by atoms with van der Waals surface area (Å²) in [5.41, 5.74) is -0.334. The monoisotopic (exact) mass is 396 g/mol. The van der Waals surface area contributed by atoms with Crippen molar-refractivity contribution in [3.05, 3.63) is 11.6 Å². The molecule has 0 aromatic heterocycles. The van der Waals surface area contributed by atoms with Crippen LogP contribution in [-0.4, -0.2) is 64.7 Å². The van der Waals surface area contributed by atoms with Crippen molar-refractivity contribution >= 4 is 5.97 Å².